The summed E-state index contributed by atoms with van der Waals surface area (Å²) in [5.41, 5.74) is 1.11. The second kappa shape index (κ2) is 23.1. The van der Waals surface area contributed by atoms with Crippen LogP contribution in [-0.2, 0) is 5.41 Å². The fourth-order valence-electron chi connectivity index (χ4n) is 18.8. The summed E-state index contributed by atoms with van der Waals surface area (Å²) >= 11 is 0. The van der Waals surface area contributed by atoms with Crippen molar-refractivity contribution in [3.8, 4) is 45.0 Å². The number of hydrogen-bond donors (Lipinski definition) is 0. The molecular weight excluding hydrogens is 1370 g/mol. The van der Waals surface area contributed by atoms with Gasteiger partial charge in [-0.05, 0) is 131 Å². The molecule has 0 atom stereocenters. The Morgan fingerprint density at radius 2 is 0.575 bits per heavy atom. The van der Waals surface area contributed by atoms with E-state index in [1.165, 1.54) is 9.13 Å². The van der Waals surface area contributed by atoms with E-state index in [9.17, 15) is 30.2 Å². The quantitative estimate of drug-likeness (QED) is 0.165. The first-order chi connectivity index (χ1) is 65.0. The van der Waals surface area contributed by atoms with Crippen LogP contribution in [0.25, 0.3) is 219 Å². The Bertz CT molecular complexity index is 9120. The fourth-order valence-corrected chi connectivity index (χ4v) is 18.8. The first-order valence-electron chi connectivity index (χ1n) is 48.6. The third kappa shape index (κ3) is 8.52. The first-order valence-corrected chi connectivity index (χ1v) is 37.6. The van der Waals surface area contributed by atoms with Crippen LogP contribution in [0.5, 0.6) is 0 Å². The molecule has 0 radical (unpaired) electrons. The maximum absolute atomic E-state index is 12.1. The predicted octanol–water partition coefficient (Wildman–Crippen LogP) is 26.5. The second-order valence-electron chi connectivity index (χ2n) is 30.3. The summed E-state index contributed by atoms with van der Waals surface area (Å²) in [5, 5.41) is 6.60. The van der Waals surface area contributed by atoms with E-state index in [0.29, 0.717) is 98.7 Å². The number of benzene rings is 17. The molecule has 0 fully saturated rings. The minimum absolute atomic E-state index is 0.00393. The molecule has 0 N–H and O–H groups in total. The van der Waals surface area contributed by atoms with Crippen LogP contribution in [0.4, 0.5) is 0 Å². The second-order valence-corrected chi connectivity index (χ2v) is 30.3. The standard InChI is InChI=1S/C106H67BN4O2/c1-106(2,3)62-60-93-99-94(61-62)111-101-78(43-25-45-80(101)84-49-27-47-82-74-39-17-23-55-96(74)113-105(82)84)68-33-7-5-29-64(68)66-31-9-11-41-76(66)98-92(109-89-52-20-14-36-71(89)72-37-15-21-53-90(72)109)59-57-86(103(98)111)107(99)85-56-58-91(108-87-50-18-12-34-69(87)70-35-13-19-51-88(70)108)97-75-40-10-8-30-65(75)63-28-4-6-32-67(63)77-42-24-44-79(100(77)110(93)102(85)97)83-48-26-46-81-73-38-16-22-54-95(73)112-104(81)83/h4-61H,1-3H3/i12D,13D,14D,15D,18D,19D,20D,21D,34D,35D,36D,37D,50D,51D,52D,53D,56D,57D,58D,59D,60D,61D. The van der Waals surface area contributed by atoms with E-state index < -0.39 is 133 Å². The van der Waals surface area contributed by atoms with Crippen LogP contribution in [-0.4, -0.2) is 25.0 Å². The maximum Gasteiger partial charge on any atom is 0.252 e. The highest BCUT2D eigenvalue weighted by Gasteiger charge is 2.43. The molecule has 2 aliphatic heterocycles. The molecule has 0 saturated heterocycles. The van der Waals surface area contributed by atoms with Crippen molar-refractivity contribution in [1.82, 2.24) is 18.3 Å². The molecule has 7 heteroatoms. The van der Waals surface area contributed by atoms with E-state index in [-0.39, 0.29) is 133 Å². The third-order valence-electron chi connectivity index (χ3n) is 23.4. The normalized spacial score (nSPS) is 15.4. The van der Waals surface area contributed by atoms with Crippen LogP contribution >= 0.6 is 0 Å². The number of rotatable bonds is 4. The topological polar surface area (TPSA) is 46.0 Å². The number of fused-ring (bicyclic) bond motifs is 30. The number of nitrogens with zero attached hydrogens (tertiary/aromatic N) is 4. The molecule has 17 aromatic carbocycles. The van der Waals surface area contributed by atoms with Gasteiger partial charge >= 0.3 is 0 Å². The Kier molecular flexibility index (Phi) is 9.18. The smallest absolute Gasteiger partial charge is 0.252 e. The predicted molar refractivity (Wildman–Crippen MR) is 478 cm³/mol. The van der Waals surface area contributed by atoms with Gasteiger partial charge in [0.05, 0.1) is 85.7 Å². The van der Waals surface area contributed by atoms with E-state index in [1.54, 1.807) is 12.1 Å². The van der Waals surface area contributed by atoms with Crippen molar-refractivity contribution in [2.75, 3.05) is 0 Å². The van der Waals surface area contributed by atoms with Gasteiger partial charge in [0.2, 0.25) is 0 Å². The van der Waals surface area contributed by atoms with Crippen molar-refractivity contribution in [2.45, 2.75) is 26.2 Å². The van der Waals surface area contributed by atoms with E-state index in [0.717, 1.165) is 21.5 Å². The average molecular weight is 1460 g/mol. The van der Waals surface area contributed by atoms with Gasteiger partial charge in [0.1, 0.15) is 22.3 Å². The molecule has 0 saturated carbocycles. The summed E-state index contributed by atoms with van der Waals surface area (Å²) in [6.45, 7) is 3.89. The molecule has 113 heavy (non-hydrogen) atoms. The summed E-state index contributed by atoms with van der Waals surface area (Å²) in [6, 6.07) is 53.9. The zero-order valence-electron chi connectivity index (χ0n) is 82.5. The SMILES string of the molecule is [2H]c1c2c3c(c([2H])c1C(C)(C)C)-n1c4c(-c5cccc6c5oc5ccccc56)cccc4c4ccccc4c4ccccc4c4c(-n5c6c([2H])c([2H])c([2H])c([2H])c6c6c([2H])c([2H])c([2H])c([2H])c65)c([2H])c([2H])c(c41)B3c1c([2H])c([2H])c(-n3c4c([2H])c([2H])c([2H])c([2H])c4c4c([2H])c([2H])c([2H])c([2H])c43)c3c4ccccc4c4ccccc4c4cccc(-c5cccc6c5oc5ccccc56)c4n-2c13. The molecule has 0 bridgehead atoms. The Hall–Kier alpha value is -14.4. The lowest BCUT2D eigenvalue weighted by Crippen LogP contribution is -2.60. The van der Waals surface area contributed by atoms with Crippen LogP contribution in [0.2, 0.25) is 0 Å². The minimum atomic E-state index is -1.81. The van der Waals surface area contributed by atoms with Gasteiger partial charge in [-0.25, -0.2) is 0 Å². The van der Waals surface area contributed by atoms with Crippen molar-refractivity contribution < 1.29 is 39.0 Å². The van der Waals surface area contributed by atoms with Crippen molar-refractivity contribution in [2.24, 2.45) is 0 Å². The Morgan fingerprint density at radius 1 is 0.265 bits per heavy atom. The summed E-state index contributed by atoms with van der Waals surface area (Å²) in [5.74, 6) is 0. The number of hydrogen-bond acceptors (Lipinski definition) is 2. The van der Waals surface area contributed by atoms with Gasteiger partial charge < -0.3 is 27.1 Å². The molecule has 0 aliphatic carbocycles. The molecular formula is C106H67BN4O2. The minimum Gasteiger partial charge on any atom is -0.455 e. The Labute approximate surface area is 679 Å². The van der Waals surface area contributed by atoms with E-state index >= 15 is 0 Å². The fraction of sp³-hybridized carbons (Fsp3) is 0.0377. The number of aromatic nitrogens is 4. The van der Waals surface area contributed by atoms with Crippen LogP contribution < -0.4 is 16.4 Å². The van der Waals surface area contributed by atoms with Gasteiger partial charge in [-0.15, -0.1) is 0 Å². The molecule has 0 unspecified atom stereocenters. The van der Waals surface area contributed by atoms with Crippen LogP contribution in [0.3, 0.4) is 0 Å². The van der Waals surface area contributed by atoms with E-state index in [2.05, 4.69) is 0 Å². The van der Waals surface area contributed by atoms with Crippen molar-refractivity contribution in [1.29, 1.82) is 0 Å². The average Bonchev–Trinajstić information content (AvgIpc) is 1.62. The van der Waals surface area contributed by atoms with Crippen LogP contribution in [0.1, 0.15) is 56.5 Å². The first kappa shape index (κ1) is 44.9. The largest absolute Gasteiger partial charge is 0.455 e. The van der Waals surface area contributed by atoms with Gasteiger partial charge in [0, 0.05) is 98.3 Å². The zero-order valence-corrected chi connectivity index (χ0v) is 60.5. The van der Waals surface area contributed by atoms with Crippen molar-refractivity contribution in [3.63, 3.8) is 0 Å². The van der Waals surface area contributed by atoms with Gasteiger partial charge in [0.15, 0.2) is 0 Å². The molecule has 25 rings (SSSR count). The lowest BCUT2D eigenvalue weighted by molar-refractivity contribution is 0.589. The highest BCUT2D eigenvalue weighted by Crippen LogP contribution is 2.50. The summed E-state index contributed by atoms with van der Waals surface area (Å²) in [4.78, 5) is 0. The van der Waals surface area contributed by atoms with E-state index in [4.69, 9.17) is 8.83 Å². The molecule has 0 amide bonds. The lowest BCUT2D eigenvalue weighted by Gasteiger charge is -2.38. The maximum atomic E-state index is 12.1. The molecule has 8 heterocycles. The molecule has 6 nitrogen and oxygen atoms in total. The zero-order chi connectivity index (χ0) is 93.4. The van der Waals surface area contributed by atoms with Crippen LogP contribution in [0.15, 0.2) is 360 Å². The molecule has 6 aromatic heterocycles. The van der Waals surface area contributed by atoms with Gasteiger partial charge in [-0.1, -0.05) is 312 Å². The Morgan fingerprint density at radius 3 is 0.956 bits per heavy atom. The van der Waals surface area contributed by atoms with Crippen LogP contribution in [0, 0.1) is 0 Å². The molecule has 0 spiro atoms. The highest BCUT2D eigenvalue weighted by molar-refractivity contribution is 7.00. The van der Waals surface area contributed by atoms with Crippen molar-refractivity contribution in [3.05, 3.63) is 357 Å². The number of para-hydroxylation sites is 10. The summed E-state index contributed by atoms with van der Waals surface area (Å²) in [7, 11) is 0. The molecule has 2 aliphatic rings. The third-order valence-corrected chi connectivity index (χ3v) is 23.4. The summed E-state index contributed by atoms with van der Waals surface area (Å²) in [6.07, 6.45) is 0. The van der Waals surface area contributed by atoms with Crippen molar-refractivity contribution >= 4 is 197 Å². The number of furan rings is 2. The molecule has 526 valence electrons. The Balaban J connectivity index is 1.06. The van der Waals surface area contributed by atoms with Gasteiger partial charge in [-0.3, -0.25) is 0 Å². The molecule has 23 aromatic rings. The monoisotopic (exact) mass is 1460 g/mol. The highest BCUT2D eigenvalue weighted by atomic mass is 16.3. The lowest BCUT2D eigenvalue weighted by atomic mass is 9.34. The van der Waals surface area contributed by atoms with Gasteiger partial charge in [0.25, 0.3) is 6.71 Å². The van der Waals surface area contributed by atoms with Gasteiger partial charge in [-0.2, -0.15) is 0 Å². The summed E-state index contributed by atoms with van der Waals surface area (Å²) < 4.78 is 250. The van der Waals surface area contributed by atoms with E-state index in [1.807, 2.05) is 236 Å².